The highest BCUT2D eigenvalue weighted by Gasteiger charge is 2.19. The summed E-state index contributed by atoms with van der Waals surface area (Å²) in [6.45, 7) is 4.83. The van der Waals surface area contributed by atoms with Gasteiger partial charge in [-0.2, -0.15) is 0 Å². The third kappa shape index (κ3) is 5.02. The molecule has 2 aromatic rings. The number of rotatable bonds is 8. The van der Waals surface area contributed by atoms with Crippen LogP contribution in [0.4, 0.5) is 0 Å². The molecule has 122 valence electrons. The molecular weight excluding hydrogens is 292 g/mol. The van der Waals surface area contributed by atoms with E-state index in [0.29, 0.717) is 25.4 Å². The predicted molar refractivity (Wildman–Crippen MR) is 89.3 cm³/mol. The molecule has 0 aliphatic rings. The van der Waals surface area contributed by atoms with Gasteiger partial charge in [-0.3, -0.25) is 4.79 Å². The van der Waals surface area contributed by atoms with E-state index in [4.69, 9.17) is 9.47 Å². The van der Waals surface area contributed by atoms with Crippen molar-refractivity contribution in [1.29, 1.82) is 0 Å². The monoisotopic (exact) mass is 314 g/mol. The minimum Gasteiger partial charge on any atom is -0.494 e. The molecular formula is C19H22O4. The molecule has 4 nitrogen and oxygen atoms in total. The SMILES string of the molecule is CCOc1cccc(OCCC(C(=O)O)c2ccc(C)cc2)c1. The van der Waals surface area contributed by atoms with Crippen LogP contribution >= 0.6 is 0 Å². The van der Waals surface area contributed by atoms with E-state index >= 15 is 0 Å². The number of hydrogen-bond acceptors (Lipinski definition) is 3. The van der Waals surface area contributed by atoms with Gasteiger partial charge in [-0.05, 0) is 38.0 Å². The zero-order valence-electron chi connectivity index (χ0n) is 13.5. The van der Waals surface area contributed by atoms with Crippen LogP contribution in [0.15, 0.2) is 48.5 Å². The Kier molecular flexibility index (Phi) is 6.03. The van der Waals surface area contributed by atoms with Crippen molar-refractivity contribution >= 4 is 5.97 Å². The van der Waals surface area contributed by atoms with Gasteiger partial charge in [0.25, 0.3) is 0 Å². The van der Waals surface area contributed by atoms with E-state index in [0.717, 1.165) is 16.9 Å². The number of aliphatic carboxylic acids is 1. The number of carbonyl (C=O) groups is 1. The lowest BCUT2D eigenvalue weighted by Crippen LogP contribution is -2.15. The molecule has 1 atom stereocenters. The van der Waals surface area contributed by atoms with E-state index in [9.17, 15) is 9.90 Å². The molecule has 2 rings (SSSR count). The molecule has 0 radical (unpaired) electrons. The minimum absolute atomic E-state index is 0.334. The first-order chi connectivity index (χ1) is 11.1. The summed E-state index contributed by atoms with van der Waals surface area (Å²) >= 11 is 0. The molecule has 0 aliphatic heterocycles. The van der Waals surface area contributed by atoms with Gasteiger partial charge < -0.3 is 14.6 Å². The maximum absolute atomic E-state index is 11.5. The van der Waals surface area contributed by atoms with Crippen LogP contribution in [0.2, 0.25) is 0 Å². The smallest absolute Gasteiger partial charge is 0.311 e. The van der Waals surface area contributed by atoms with Crippen LogP contribution in [0, 0.1) is 6.92 Å². The van der Waals surface area contributed by atoms with E-state index in [1.54, 1.807) is 0 Å². The van der Waals surface area contributed by atoms with Gasteiger partial charge in [0.2, 0.25) is 0 Å². The van der Waals surface area contributed by atoms with Crippen molar-refractivity contribution in [3.63, 3.8) is 0 Å². The number of aryl methyl sites for hydroxylation is 1. The maximum Gasteiger partial charge on any atom is 0.311 e. The Morgan fingerprint density at radius 1 is 1.09 bits per heavy atom. The fraction of sp³-hybridized carbons (Fsp3) is 0.316. The quantitative estimate of drug-likeness (QED) is 0.799. The molecule has 0 spiro atoms. The van der Waals surface area contributed by atoms with Gasteiger partial charge in [0.15, 0.2) is 0 Å². The molecule has 23 heavy (non-hydrogen) atoms. The van der Waals surface area contributed by atoms with Gasteiger partial charge in [-0.1, -0.05) is 35.9 Å². The van der Waals surface area contributed by atoms with E-state index in [-0.39, 0.29) is 0 Å². The maximum atomic E-state index is 11.5. The van der Waals surface area contributed by atoms with Crippen LogP contribution in [0.5, 0.6) is 11.5 Å². The fourth-order valence-electron chi connectivity index (χ4n) is 2.35. The molecule has 0 amide bonds. The Morgan fingerprint density at radius 3 is 2.35 bits per heavy atom. The summed E-state index contributed by atoms with van der Waals surface area (Å²) in [5, 5.41) is 9.43. The van der Waals surface area contributed by atoms with Gasteiger partial charge in [0.05, 0.1) is 19.1 Å². The lowest BCUT2D eigenvalue weighted by atomic mass is 9.95. The van der Waals surface area contributed by atoms with Crippen LogP contribution in [-0.4, -0.2) is 24.3 Å². The van der Waals surface area contributed by atoms with Crippen molar-refractivity contribution in [1.82, 2.24) is 0 Å². The molecule has 0 fully saturated rings. The summed E-state index contributed by atoms with van der Waals surface area (Å²) in [7, 11) is 0. The Hall–Kier alpha value is -2.49. The molecule has 0 aliphatic carbocycles. The zero-order chi connectivity index (χ0) is 16.7. The van der Waals surface area contributed by atoms with Crippen molar-refractivity contribution in [3.05, 3.63) is 59.7 Å². The predicted octanol–water partition coefficient (Wildman–Crippen LogP) is 4.03. The van der Waals surface area contributed by atoms with Crippen LogP contribution in [0.25, 0.3) is 0 Å². The summed E-state index contributed by atoms with van der Waals surface area (Å²) in [6.07, 6.45) is 0.414. The summed E-state index contributed by atoms with van der Waals surface area (Å²) in [5.41, 5.74) is 1.91. The first kappa shape index (κ1) is 16.9. The van der Waals surface area contributed by atoms with Crippen LogP contribution in [-0.2, 0) is 4.79 Å². The summed E-state index contributed by atoms with van der Waals surface area (Å²) in [4.78, 5) is 11.5. The molecule has 1 N–H and O–H groups in total. The molecule has 0 heterocycles. The van der Waals surface area contributed by atoms with E-state index in [1.807, 2.05) is 62.4 Å². The summed E-state index contributed by atoms with van der Waals surface area (Å²) in [6, 6.07) is 15.0. The normalized spacial score (nSPS) is 11.7. The van der Waals surface area contributed by atoms with Crippen molar-refractivity contribution in [2.45, 2.75) is 26.2 Å². The summed E-state index contributed by atoms with van der Waals surface area (Å²) < 4.78 is 11.1. The number of carboxylic acid groups (broad SMARTS) is 1. The number of carboxylic acids is 1. The molecule has 0 saturated heterocycles. The molecule has 0 aromatic heterocycles. The summed E-state index contributed by atoms with van der Waals surface area (Å²) in [5.74, 6) is 0.0357. The zero-order valence-corrected chi connectivity index (χ0v) is 13.5. The third-order valence-electron chi connectivity index (χ3n) is 3.57. The van der Waals surface area contributed by atoms with Crippen molar-refractivity contribution in [3.8, 4) is 11.5 Å². The van der Waals surface area contributed by atoms with Crippen molar-refractivity contribution < 1.29 is 19.4 Å². The molecule has 0 saturated carbocycles. The molecule has 1 unspecified atom stereocenters. The number of ether oxygens (including phenoxy) is 2. The average Bonchev–Trinajstić information content (AvgIpc) is 2.53. The van der Waals surface area contributed by atoms with Crippen molar-refractivity contribution in [2.24, 2.45) is 0 Å². The highest BCUT2D eigenvalue weighted by molar-refractivity contribution is 5.76. The first-order valence-corrected chi connectivity index (χ1v) is 7.75. The van der Waals surface area contributed by atoms with Gasteiger partial charge >= 0.3 is 5.97 Å². The van der Waals surface area contributed by atoms with Gasteiger partial charge in [-0.15, -0.1) is 0 Å². The van der Waals surface area contributed by atoms with E-state index < -0.39 is 11.9 Å². The Labute approximate surface area is 136 Å². The standard InChI is InChI=1S/C19H22O4/c1-3-22-16-5-4-6-17(13-16)23-12-11-18(19(20)21)15-9-7-14(2)8-10-15/h4-10,13,18H,3,11-12H2,1-2H3,(H,20,21). The van der Waals surface area contributed by atoms with Gasteiger partial charge in [0, 0.05) is 6.07 Å². The second-order valence-corrected chi connectivity index (χ2v) is 5.35. The molecule has 4 heteroatoms. The van der Waals surface area contributed by atoms with E-state index in [2.05, 4.69) is 0 Å². The van der Waals surface area contributed by atoms with Crippen LogP contribution in [0.3, 0.4) is 0 Å². The van der Waals surface area contributed by atoms with Crippen LogP contribution in [0.1, 0.15) is 30.4 Å². The number of benzene rings is 2. The Bertz CT molecular complexity index is 634. The Balaban J connectivity index is 1.95. The van der Waals surface area contributed by atoms with E-state index in [1.165, 1.54) is 0 Å². The first-order valence-electron chi connectivity index (χ1n) is 7.75. The lowest BCUT2D eigenvalue weighted by molar-refractivity contribution is -0.139. The molecule has 2 aromatic carbocycles. The third-order valence-corrected chi connectivity index (χ3v) is 3.57. The minimum atomic E-state index is -0.833. The number of hydrogen-bond donors (Lipinski definition) is 1. The second kappa shape index (κ2) is 8.22. The highest BCUT2D eigenvalue weighted by Crippen LogP contribution is 2.23. The van der Waals surface area contributed by atoms with Gasteiger partial charge in [0.1, 0.15) is 11.5 Å². The van der Waals surface area contributed by atoms with Crippen LogP contribution < -0.4 is 9.47 Å². The van der Waals surface area contributed by atoms with Crippen molar-refractivity contribution in [2.75, 3.05) is 13.2 Å². The molecule has 0 bridgehead atoms. The average molecular weight is 314 g/mol. The lowest BCUT2D eigenvalue weighted by Gasteiger charge is -2.14. The second-order valence-electron chi connectivity index (χ2n) is 5.35. The largest absolute Gasteiger partial charge is 0.494 e. The topological polar surface area (TPSA) is 55.8 Å². The fourth-order valence-corrected chi connectivity index (χ4v) is 2.35. The highest BCUT2D eigenvalue weighted by atomic mass is 16.5. The van der Waals surface area contributed by atoms with Gasteiger partial charge in [-0.25, -0.2) is 0 Å². The Morgan fingerprint density at radius 2 is 1.74 bits per heavy atom.